The number of aryl methyl sites for hydroxylation is 2. The zero-order chi connectivity index (χ0) is 24.9. The van der Waals surface area contributed by atoms with E-state index in [1.54, 1.807) is 43.6 Å². The Hall–Kier alpha value is -4.45. The molecule has 6 heteroatoms. The van der Waals surface area contributed by atoms with E-state index in [4.69, 9.17) is 5.11 Å². The maximum Gasteiger partial charge on any atom is 0.335 e. The number of benzene rings is 3. The molecule has 176 valence electrons. The van der Waals surface area contributed by atoms with E-state index in [2.05, 4.69) is 24.2 Å². The van der Waals surface area contributed by atoms with Crippen LogP contribution in [0.1, 0.15) is 45.0 Å². The van der Waals surface area contributed by atoms with Crippen molar-refractivity contribution in [3.63, 3.8) is 0 Å². The fourth-order valence-electron chi connectivity index (χ4n) is 4.27. The molecule has 1 heterocycles. The fraction of sp³-hybridized carbons (Fsp3) is 0.138. The van der Waals surface area contributed by atoms with Gasteiger partial charge in [-0.3, -0.25) is 4.79 Å². The lowest BCUT2D eigenvalue weighted by Crippen LogP contribution is -2.18. The normalized spacial score (nSPS) is 12.3. The van der Waals surface area contributed by atoms with E-state index < -0.39 is 5.97 Å². The van der Waals surface area contributed by atoms with Gasteiger partial charge in [-0.15, -0.1) is 0 Å². The van der Waals surface area contributed by atoms with E-state index >= 15 is 0 Å². The first-order valence-electron chi connectivity index (χ1n) is 11.2. The van der Waals surface area contributed by atoms with E-state index in [1.165, 1.54) is 10.6 Å². The summed E-state index contributed by atoms with van der Waals surface area (Å²) < 4.78 is 1.47. The molecule has 1 atom stereocenters. The highest BCUT2D eigenvalue weighted by Gasteiger charge is 2.21. The van der Waals surface area contributed by atoms with Gasteiger partial charge < -0.3 is 14.9 Å². The number of nitrogens with zero attached hydrogens (tertiary/aromatic N) is 2. The molecule has 0 aliphatic rings. The standard InChI is InChI=1S/C29H26N2O4/c1-19-5-3-4-6-25(19)26(17-27(30-35)24-15-16-28(32)31(2)18-24)22-11-7-20(8-12-22)21-9-13-23(14-10-21)29(33)34/h3-16,18,26,35H,17H2,1-2H3,(H,33,34)/t26-/m1/s1. The molecule has 4 aromatic rings. The van der Waals surface area contributed by atoms with Gasteiger partial charge in [0.2, 0.25) is 5.56 Å². The minimum Gasteiger partial charge on any atom is -0.478 e. The van der Waals surface area contributed by atoms with Crippen molar-refractivity contribution in [2.75, 3.05) is 0 Å². The van der Waals surface area contributed by atoms with Crippen molar-refractivity contribution in [2.45, 2.75) is 19.3 Å². The van der Waals surface area contributed by atoms with Crippen molar-refractivity contribution in [1.82, 2.24) is 4.57 Å². The largest absolute Gasteiger partial charge is 0.478 e. The summed E-state index contributed by atoms with van der Waals surface area (Å²) in [4.78, 5) is 23.0. The molecule has 6 nitrogen and oxygen atoms in total. The van der Waals surface area contributed by atoms with Crippen molar-refractivity contribution in [2.24, 2.45) is 12.2 Å². The lowest BCUT2D eigenvalue weighted by atomic mass is 9.83. The lowest BCUT2D eigenvalue weighted by molar-refractivity contribution is 0.0697. The smallest absolute Gasteiger partial charge is 0.335 e. The molecule has 2 N–H and O–H groups in total. The van der Waals surface area contributed by atoms with Gasteiger partial charge in [-0.05, 0) is 52.9 Å². The third-order valence-electron chi connectivity index (χ3n) is 6.28. The van der Waals surface area contributed by atoms with Gasteiger partial charge in [0, 0.05) is 37.2 Å². The zero-order valence-electron chi connectivity index (χ0n) is 19.6. The Morgan fingerprint density at radius 2 is 1.49 bits per heavy atom. The number of carbonyl (C=O) groups is 1. The van der Waals surface area contributed by atoms with Crippen LogP contribution >= 0.6 is 0 Å². The molecule has 0 spiro atoms. The first kappa shape index (κ1) is 23.7. The number of hydrogen-bond acceptors (Lipinski definition) is 4. The molecular weight excluding hydrogens is 440 g/mol. The number of carboxylic acid groups (broad SMARTS) is 1. The third-order valence-corrected chi connectivity index (χ3v) is 6.28. The molecule has 0 fully saturated rings. The first-order valence-corrected chi connectivity index (χ1v) is 11.2. The number of pyridine rings is 1. The maximum atomic E-state index is 11.8. The highest BCUT2D eigenvalue weighted by molar-refractivity contribution is 6.00. The van der Waals surface area contributed by atoms with E-state index in [9.17, 15) is 14.8 Å². The van der Waals surface area contributed by atoms with Crippen molar-refractivity contribution in [1.29, 1.82) is 0 Å². The summed E-state index contributed by atoms with van der Waals surface area (Å²) in [6, 6.07) is 26.2. The summed E-state index contributed by atoms with van der Waals surface area (Å²) >= 11 is 0. The number of aromatic nitrogens is 1. The molecular formula is C29H26N2O4. The number of hydrogen-bond donors (Lipinski definition) is 2. The molecule has 0 amide bonds. The van der Waals surface area contributed by atoms with Gasteiger partial charge in [-0.25, -0.2) is 4.79 Å². The summed E-state index contributed by atoms with van der Waals surface area (Å²) in [7, 11) is 1.67. The quantitative estimate of drug-likeness (QED) is 0.215. The molecule has 0 bridgehead atoms. The predicted molar refractivity (Wildman–Crippen MR) is 136 cm³/mol. The summed E-state index contributed by atoms with van der Waals surface area (Å²) in [6.45, 7) is 2.06. The molecule has 0 aliphatic carbocycles. The van der Waals surface area contributed by atoms with Crippen molar-refractivity contribution in [3.05, 3.63) is 129 Å². The average molecular weight is 467 g/mol. The minimum absolute atomic E-state index is 0.0808. The Balaban J connectivity index is 1.70. The van der Waals surface area contributed by atoms with E-state index in [0.29, 0.717) is 17.7 Å². The topological polar surface area (TPSA) is 91.9 Å². The Morgan fingerprint density at radius 1 is 0.886 bits per heavy atom. The van der Waals surface area contributed by atoms with Crippen LogP contribution in [-0.2, 0) is 7.05 Å². The summed E-state index contributed by atoms with van der Waals surface area (Å²) in [5.41, 5.74) is 6.50. The Bertz CT molecular complexity index is 1440. The number of oxime groups is 1. The molecule has 0 saturated heterocycles. The van der Waals surface area contributed by atoms with Gasteiger partial charge >= 0.3 is 5.97 Å². The minimum atomic E-state index is -0.951. The van der Waals surface area contributed by atoms with E-state index in [-0.39, 0.29) is 17.0 Å². The van der Waals surface area contributed by atoms with Gasteiger partial charge in [0.25, 0.3) is 0 Å². The van der Waals surface area contributed by atoms with Crippen LogP contribution in [-0.4, -0.2) is 26.6 Å². The van der Waals surface area contributed by atoms with Gasteiger partial charge in [0.15, 0.2) is 0 Å². The summed E-state index contributed by atoms with van der Waals surface area (Å²) in [5.74, 6) is -1.03. The Labute approximate surface area is 203 Å². The first-order chi connectivity index (χ1) is 16.9. The van der Waals surface area contributed by atoms with Gasteiger partial charge in [0.05, 0.1) is 11.3 Å². The van der Waals surface area contributed by atoms with Crippen LogP contribution in [0.15, 0.2) is 101 Å². The fourth-order valence-corrected chi connectivity index (χ4v) is 4.27. The van der Waals surface area contributed by atoms with Crippen LogP contribution in [0.25, 0.3) is 11.1 Å². The van der Waals surface area contributed by atoms with Gasteiger partial charge in [-0.1, -0.05) is 65.8 Å². The van der Waals surface area contributed by atoms with Crippen LogP contribution in [0.3, 0.4) is 0 Å². The predicted octanol–water partition coefficient (Wildman–Crippen LogP) is 5.46. The summed E-state index contributed by atoms with van der Waals surface area (Å²) in [6.07, 6.45) is 2.11. The monoisotopic (exact) mass is 466 g/mol. The number of aromatic carboxylic acids is 1. The molecule has 4 rings (SSSR count). The molecule has 1 aromatic heterocycles. The second kappa shape index (κ2) is 10.2. The maximum absolute atomic E-state index is 11.8. The van der Waals surface area contributed by atoms with Gasteiger partial charge in [-0.2, -0.15) is 0 Å². The van der Waals surface area contributed by atoms with Crippen LogP contribution in [0.2, 0.25) is 0 Å². The van der Waals surface area contributed by atoms with Crippen LogP contribution in [0.4, 0.5) is 0 Å². The lowest BCUT2D eigenvalue weighted by Gasteiger charge is -2.21. The molecule has 35 heavy (non-hydrogen) atoms. The number of rotatable bonds is 7. The molecule has 0 unspecified atom stereocenters. The highest BCUT2D eigenvalue weighted by Crippen LogP contribution is 2.33. The second-order valence-corrected chi connectivity index (χ2v) is 8.53. The Morgan fingerprint density at radius 3 is 2.06 bits per heavy atom. The Kier molecular flexibility index (Phi) is 6.92. The van der Waals surface area contributed by atoms with E-state index in [0.717, 1.165) is 27.8 Å². The van der Waals surface area contributed by atoms with Crippen molar-refractivity contribution >= 4 is 11.7 Å². The third kappa shape index (κ3) is 5.22. The second-order valence-electron chi connectivity index (χ2n) is 8.53. The average Bonchev–Trinajstić information content (AvgIpc) is 2.87. The van der Waals surface area contributed by atoms with Crippen molar-refractivity contribution in [3.8, 4) is 11.1 Å². The zero-order valence-corrected chi connectivity index (χ0v) is 19.6. The van der Waals surface area contributed by atoms with Crippen LogP contribution < -0.4 is 5.56 Å². The van der Waals surface area contributed by atoms with Crippen LogP contribution in [0.5, 0.6) is 0 Å². The van der Waals surface area contributed by atoms with Crippen molar-refractivity contribution < 1.29 is 15.1 Å². The molecule has 0 radical (unpaired) electrons. The summed E-state index contributed by atoms with van der Waals surface area (Å²) in [5, 5.41) is 22.6. The SMILES string of the molecule is Cc1ccccc1[C@H](CC(=NO)c1ccc(=O)n(C)c1)c1ccc(-c2ccc(C(=O)O)cc2)cc1. The van der Waals surface area contributed by atoms with Crippen LogP contribution in [0, 0.1) is 6.92 Å². The molecule has 0 aliphatic heterocycles. The molecule has 0 saturated carbocycles. The molecule has 3 aromatic carbocycles. The number of carboxylic acids is 1. The van der Waals surface area contributed by atoms with Gasteiger partial charge in [0.1, 0.15) is 0 Å². The highest BCUT2D eigenvalue weighted by atomic mass is 16.4. The van der Waals surface area contributed by atoms with E-state index in [1.807, 2.05) is 36.4 Å².